The minimum atomic E-state index is -0.993. The average molecular weight is 493 g/mol. The van der Waals surface area contributed by atoms with E-state index in [1.165, 1.54) is 22.9 Å². The van der Waals surface area contributed by atoms with Gasteiger partial charge in [0.1, 0.15) is 12.1 Å². The minimum Gasteiger partial charge on any atom is -0.354 e. The fraction of sp³-hybridized carbons (Fsp3) is 0.360. The van der Waals surface area contributed by atoms with Gasteiger partial charge in [0.15, 0.2) is 5.78 Å². The van der Waals surface area contributed by atoms with Gasteiger partial charge < -0.3 is 25.8 Å². The summed E-state index contributed by atoms with van der Waals surface area (Å²) in [4.78, 5) is 70.0. The van der Waals surface area contributed by atoms with Crippen molar-refractivity contribution in [1.29, 1.82) is 0 Å². The van der Waals surface area contributed by atoms with Gasteiger partial charge in [0.25, 0.3) is 5.91 Å². The standard InChI is InChI=1S/C25H28N6O5/c1-16(32)17-6-8-19(9-7-17)28-25(36)30-12-13-31(24(35)18-4-2-10-26-14-18)21(15-30)23(34)29-20-5-3-11-27-22(20)33/h2,4,6-10,14,20-21H,3,5,11-13,15H2,1H3,(H,27,33)(H,28,36)(H,29,34). The van der Waals surface area contributed by atoms with Crippen molar-refractivity contribution in [2.45, 2.75) is 31.8 Å². The Morgan fingerprint density at radius 3 is 2.50 bits per heavy atom. The highest BCUT2D eigenvalue weighted by atomic mass is 16.2. The highest BCUT2D eigenvalue weighted by Gasteiger charge is 2.39. The number of carbonyl (C=O) groups is 5. The zero-order valence-corrected chi connectivity index (χ0v) is 19.9. The third-order valence-corrected chi connectivity index (χ3v) is 6.28. The van der Waals surface area contributed by atoms with Gasteiger partial charge >= 0.3 is 6.03 Å². The maximum atomic E-state index is 13.3. The van der Waals surface area contributed by atoms with Crippen LogP contribution in [-0.4, -0.2) is 82.6 Å². The lowest BCUT2D eigenvalue weighted by Gasteiger charge is -2.41. The number of benzene rings is 1. The number of Topliss-reactive ketones (excluding diaryl/α,β-unsaturated/α-hetero) is 1. The predicted molar refractivity (Wildman–Crippen MR) is 130 cm³/mol. The Morgan fingerprint density at radius 2 is 1.83 bits per heavy atom. The van der Waals surface area contributed by atoms with E-state index >= 15 is 0 Å². The van der Waals surface area contributed by atoms with Gasteiger partial charge in [0.05, 0.1) is 12.1 Å². The van der Waals surface area contributed by atoms with Crippen LogP contribution in [0.15, 0.2) is 48.8 Å². The van der Waals surface area contributed by atoms with Gasteiger partial charge in [-0.1, -0.05) is 0 Å². The topological polar surface area (TPSA) is 141 Å². The molecule has 1 aromatic carbocycles. The lowest BCUT2D eigenvalue weighted by Crippen LogP contribution is -2.64. The molecule has 4 rings (SSSR count). The second kappa shape index (κ2) is 11.0. The fourth-order valence-corrected chi connectivity index (χ4v) is 4.26. The highest BCUT2D eigenvalue weighted by Crippen LogP contribution is 2.18. The number of anilines is 1. The Morgan fingerprint density at radius 1 is 1.06 bits per heavy atom. The second-order valence-electron chi connectivity index (χ2n) is 8.76. The summed E-state index contributed by atoms with van der Waals surface area (Å²) in [5, 5.41) is 8.25. The summed E-state index contributed by atoms with van der Waals surface area (Å²) in [6.45, 7) is 2.30. The van der Waals surface area contributed by atoms with E-state index in [9.17, 15) is 24.0 Å². The van der Waals surface area contributed by atoms with Crippen molar-refractivity contribution in [3.63, 3.8) is 0 Å². The Labute approximate surface area is 208 Å². The Kier molecular flexibility index (Phi) is 7.57. The number of pyridine rings is 1. The molecule has 2 atom stereocenters. The van der Waals surface area contributed by atoms with Crippen molar-refractivity contribution in [2.24, 2.45) is 0 Å². The molecule has 36 heavy (non-hydrogen) atoms. The van der Waals surface area contributed by atoms with Crippen molar-refractivity contribution in [3.05, 3.63) is 59.9 Å². The number of rotatable bonds is 5. The van der Waals surface area contributed by atoms with Crippen LogP contribution in [0.5, 0.6) is 0 Å². The molecule has 2 aromatic rings. The number of piperazine rings is 1. The van der Waals surface area contributed by atoms with E-state index in [0.717, 1.165) is 6.42 Å². The number of urea groups is 1. The SMILES string of the molecule is CC(=O)c1ccc(NC(=O)N2CCN(C(=O)c3cccnc3)C(C(=O)NC3CCCNC3=O)C2)cc1. The van der Waals surface area contributed by atoms with E-state index in [-0.39, 0.29) is 37.2 Å². The number of nitrogens with zero attached hydrogens (tertiary/aromatic N) is 3. The summed E-state index contributed by atoms with van der Waals surface area (Å²) in [5.74, 6) is -1.23. The molecule has 2 fully saturated rings. The number of amides is 5. The van der Waals surface area contributed by atoms with Crippen LogP contribution in [0.4, 0.5) is 10.5 Å². The molecule has 11 nitrogen and oxygen atoms in total. The van der Waals surface area contributed by atoms with Crippen molar-refractivity contribution in [1.82, 2.24) is 25.4 Å². The molecule has 0 radical (unpaired) electrons. The van der Waals surface area contributed by atoms with Gasteiger partial charge in [-0.25, -0.2) is 4.79 Å². The molecule has 2 aliphatic heterocycles. The van der Waals surface area contributed by atoms with Gasteiger partial charge in [-0.2, -0.15) is 0 Å². The van der Waals surface area contributed by atoms with E-state index in [2.05, 4.69) is 20.9 Å². The Balaban J connectivity index is 1.50. The minimum absolute atomic E-state index is 0.0520. The summed E-state index contributed by atoms with van der Waals surface area (Å²) < 4.78 is 0. The molecular weight excluding hydrogens is 464 g/mol. The van der Waals surface area contributed by atoms with Crippen LogP contribution in [0.25, 0.3) is 0 Å². The Hall–Kier alpha value is -4.28. The van der Waals surface area contributed by atoms with Crippen LogP contribution >= 0.6 is 0 Å². The molecule has 3 N–H and O–H groups in total. The lowest BCUT2D eigenvalue weighted by atomic mass is 10.0. The van der Waals surface area contributed by atoms with Crippen LogP contribution in [0.1, 0.15) is 40.5 Å². The average Bonchev–Trinajstić information content (AvgIpc) is 2.90. The molecular formula is C25H28N6O5. The number of carbonyl (C=O) groups excluding carboxylic acids is 5. The molecule has 188 valence electrons. The van der Waals surface area contributed by atoms with Crippen molar-refractivity contribution in [2.75, 3.05) is 31.5 Å². The normalized spacial score (nSPS) is 19.8. The monoisotopic (exact) mass is 492 g/mol. The quantitative estimate of drug-likeness (QED) is 0.533. The van der Waals surface area contributed by atoms with E-state index in [4.69, 9.17) is 0 Å². The van der Waals surface area contributed by atoms with E-state index in [0.29, 0.717) is 29.8 Å². The van der Waals surface area contributed by atoms with Crippen molar-refractivity contribution in [3.8, 4) is 0 Å². The summed E-state index contributed by atoms with van der Waals surface area (Å²) >= 11 is 0. The highest BCUT2D eigenvalue weighted by molar-refractivity contribution is 5.99. The van der Waals surface area contributed by atoms with E-state index in [1.54, 1.807) is 42.6 Å². The zero-order valence-electron chi connectivity index (χ0n) is 19.9. The van der Waals surface area contributed by atoms with Crippen molar-refractivity contribution >= 4 is 35.2 Å². The molecule has 2 saturated heterocycles. The third kappa shape index (κ3) is 5.68. The summed E-state index contributed by atoms with van der Waals surface area (Å²) in [5.41, 5.74) is 1.35. The van der Waals surface area contributed by atoms with Gasteiger partial charge in [0.2, 0.25) is 11.8 Å². The molecule has 2 aliphatic rings. The summed E-state index contributed by atoms with van der Waals surface area (Å²) in [6, 6.07) is 7.62. The summed E-state index contributed by atoms with van der Waals surface area (Å²) in [6.07, 6.45) is 4.21. The number of piperidine rings is 1. The van der Waals surface area contributed by atoms with Crippen LogP contribution < -0.4 is 16.0 Å². The molecule has 0 aliphatic carbocycles. The van der Waals surface area contributed by atoms with Gasteiger partial charge in [-0.05, 0) is 56.2 Å². The van der Waals surface area contributed by atoms with Crippen LogP contribution in [0, 0.1) is 0 Å². The fourth-order valence-electron chi connectivity index (χ4n) is 4.26. The van der Waals surface area contributed by atoms with Crippen LogP contribution in [0.2, 0.25) is 0 Å². The largest absolute Gasteiger partial charge is 0.354 e. The number of aromatic nitrogens is 1. The first-order chi connectivity index (χ1) is 17.3. The number of nitrogens with one attached hydrogen (secondary N) is 3. The van der Waals surface area contributed by atoms with Crippen LogP contribution in [-0.2, 0) is 9.59 Å². The first kappa shape index (κ1) is 24.8. The first-order valence-corrected chi connectivity index (χ1v) is 11.8. The second-order valence-corrected chi connectivity index (χ2v) is 8.76. The Bertz CT molecular complexity index is 1150. The lowest BCUT2D eigenvalue weighted by molar-refractivity contribution is -0.133. The molecule has 5 amide bonds. The zero-order chi connectivity index (χ0) is 25.7. The molecule has 0 spiro atoms. The molecule has 0 saturated carbocycles. The van der Waals surface area contributed by atoms with E-state index in [1.807, 2.05) is 0 Å². The summed E-state index contributed by atoms with van der Waals surface area (Å²) in [7, 11) is 0. The molecule has 2 unspecified atom stereocenters. The third-order valence-electron chi connectivity index (χ3n) is 6.28. The number of hydrogen-bond donors (Lipinski definition) is 3. The predicted octanol–water partition coefficient (Wildman–Crippen LogP) is 1.04. The smallest absolute Gasteiger partial charge is 0.321 e. The van der Waals surface area contributed by atoms with Gasteiger partial charge in [-0.15, -0.1) is 0 Å². The van der Waals surface area contributed by atoms with Gasteiger partial charge in [0, 0.05) is 43.3 Å². The van der Waals surface area contributed by atoms with Crippen molar-refractivity contribution < 1.29 is 24.0 Å². The van der Waals surface area contributed by atoms with Crippen LogP contribution in [0.3, 0.4) is 0 Å². The molecule has 0 bridgehead atoms. The first-order valence-electron chi connectivity index (χ1n) is 11.8. The molecule has 11 heteroatoms. The number of ketones is 1. The maximum Gasteiger partial charge on any atom is 0.321 e. The van der Waals surface area contributed by atoms with E-state index < -0.39 is 24.0 Å². The molecule has 3 heterocycles. The van der Waals surface area contributed by atoms with Gasteiger partial charge in [-0.3, -0.25) is 24.2 Å². The maximum absolute atomic E-state index is 13.3. The molecule has 1 aromatic heterocycles. The number of hydrogen-bond acceptors (Lipinski definition) is 6.